The molecule has 2 aromatic heterocycles. The van der Waals surface area contributed by atoms with Crippen LogP contribution in [0.25, 0.3) is 5.78 Å². The SMILES string of the molecule is Cc1cc(C2CCCN(C(=O)c3ccc4c(c3)OCC4)C2)n2ncnc2n1. The molecule has 5 rings (SSSR count). The lowest BCUT2D eigenvalue weighted by Gasteiger charge is -2.33. The Morgan fingerprint density at radius 2 is 2.22 bits per heavy atom. The summed E-state index contributed by atoms with van der Waals surface area (Å²) in [5, 5.41) is 4.33. The standard InChI is InChI=1S/C20H21N5O2/c1-13-9-17(25-20(23-13)21-12-22-25)16-3-2-7-24(11-16)19(26)15-5-4-14-6-8-27-18(14)10-15/h4-5,9-10,12,16H,2-3,6-8,11H2,1H3. The summed E-state index contributed by atoms with van der Waals surface area (Å²) >= 11 is 0. The third-order valence-electron chi connectivity index (χ3n) is 5.48. The van der Waals surface area contributed by atoms with Crippen molar-refractivity contribution in [2.75, 3.05) is 19.7 Å². The number of aryl methyl sites for hydroxylation is 1. The van der Waals surface area contributed by atoms with Crippen LogP contribution in [0.1, 0.15) is 46.1 Å². The molecule has 2 aliphatic rings. The van der Waals surface area contributed by atoms with Gasteiger partial charge in [0.05, 0.1) is 12.3 Å². The van der Waals surface area contributed by atoms with Gasteiger partial charge in [-0.1, -0.05) is 6.07 Å². The maximum atomic E-state index is 13.1. The van der Waals surface area contributed by atoms with Crippen LogP contribution in [-0.4, -0.2) is 50.1 Å². The van der Waals surface area contributed by atoms with Crippen LogP contribution in [-0.2, 0) is 6.42 Å². The molecule has 1 fully saturated rings. The Hall–Kier alpha value is -2.96. The zero-order valence-electron chi connectivity index (χ0n) is 15.3. The van der Waals surface area contributed by atoms with Crippen LogP contribution in [0.2, 0.25) is 0 Å². The summed E-state index contributed by atoms with van der Waals surface area (Å²) in [4.78, 5) is 23.7. The second kappa shape index (κ2) is 6.33. The third-order valence-corrected chi connectivity index (χ3v) is 5.48. The van der Waals surface area contributed by atoms with Crippen molar-refractivity contribution in [3.05, 3.63) is 53.1 Å². The van der Waals surface area contributed by atoms with Gasteiger partial charge < -0.3 is 9.64 Å². The number of piperidine rings is 1. The summed E-state index contributed by atoms with van der Waals surface area (Å²) in [5.74, 6) is 1.76. The molecule has 2 aliphatic heterocycles. The van der Waals surface area contributed by atoms with Crippen LogP contribution in [0.4, 0.5) is 0 Å². The van der Waals surface area contributed by atoms with Gasteiger partial charge >= 0.3 is 0 Å². The predicted molar refractivity (Wildman–Crippen MR) is 99.0 cm³/mol. The van der Waals surface area contributed by atoms with E-state index in [1.54, 1.807) is 4.52 Å². The van der Waals surface area contributed by atoms with Crippen molar-refractivity contribution in [1.82, 2.24) is 24.5 Å². The van der Waals surface area contributed by atoms with Crippen LogP contribution in [0.15, 0.2) is 30.6 Å². The van der Waals surface area contributed by atoms with Gasteiger partial charge in [-0.15, -0.1) is 0 Å². The van der Waals surface area contributed by atoms with Crippen LogP contribution in [0.3, 0.4) is 0 Å². The number of benzene rings is 1. The fourth-order valence-corrected chi connectivity index (χ4v) is 4.13. The number of aromatic nitrogens is 4. The molecule has 1 unspecified atom stereocenters. The van der Waals surface area contributed by atoms with Crippen LogP contribution < -0.4 is 4.74 Å². The Labute approximate surface area is 157 Å². The van der Waals surface area contributed by atoms with Crippen molar-refractivity contribution < 1.29 is 9.53 Å². The molecular formula is C20H21N5O2. The van der Waals surface area contributed by atoms with Crippen molar-refractivity contribution in [2.24, 2.45) is 0 Å². The van der Waals surface area contributed by atoms with Crippen LogP contribution >= 0.6 is 0 Å². The highest BCUT2D eigenvalue weighted by Gasteiger charge is 2.28. The Bertz CT molecular complexity index is 1030. The summed E-state index contributed by atoms with van der Waals surface area (Å²) in [7, 11) is 0. The van der Waals surface area contributed by atoms with E-state index in [9.17, 15) is 4.79 Å². The smallest absolute Gasteiger partial charge is 0.254 e. The molecule has 1 atom stereocenters. The van der Waals surface area contributed by atoms with E-state index in [0.29, 0.717) is 24.5 Å². The minimum Gasteiger partial charge on any atom is -0.493 e. The summed E-state index contributed by atoms with van der Waals surface area (Å²) in [6.07, 6.45) is 4.44. The first-order valence-electron chi connectivity index (χ1n) is 9.41. The number of carbonyl (C=O) groups excluding carboxylic acids is 1. The van der Waals surface area contributed by atoms with Gasteiger partial charge in [0.1, 0.15) is 12.1 Å². The molecule has 27 heavy (non-hydrogen) atoms. The Balaban J connectivity index is 1.42. The molecule has 4 heterocycles. The molecule has 7 heteroatoms. The maximum Gasteiger partial charge on any atom is 0.254 e. The minimum absolute atomic E-state index is 0.0682. The first kappa shape index (κ1) is 16.2. The second-order valence-corrected chi connectivity index (χ2v) is 7.31. The Kier molecular flexibility index (Phi) is 3.81. The number of likely N-dealkylation sites (tertiary alicyclic amines) is 1. The molecule has 0 bridgehead atoms. The van der Waals surface area contributed by atoms with Crippen molar-refractivity contribution in [2.45, 2.75) is 32.1 Å². The van der Waals surface area contributed by atoms with Gasteiger partial charge in [-0.2, -0.15) is 10.1 Å². The van der Waals surface area contributed by atoms with Crippen molar-refractivity contribution in [3.8, 4) is 5.75 Å². The van der Waals surface area contributed by atoms with Gasteiger partial charge in [0.15, 0.2) is 0 Å². The fraction of sp³-hybridized carbons (Fsp3) is 0.400. The van der Waals surface area contributed by atoms with E-state index in [1.165, 1.54) is 11.9 Å². The monoisotopic (exact) mass is 363 g/mol. The molecular weight excluding hydrogens is 342 g/mol. The minimum atomic E-state index is 0.0682. The maximum absolute atomic E-state index is 13.1. The highest BCUT2D eigenvalue weighted by Crippen LogP contribution is 2.30. The van der Waals surface area contributed by atoms with Crippen LogP contribution in [0.5, 0.6) is 5.75 Å². The summed E-state index contributed by atoms with van der Waals surface area (Å²) in [6, 6.07) is 7.89. The molecule has 0 radical (unpaired) electrons. The molecule has 138 valence electrons. The van der Waals surface area contributed by atoms with Gasteiger partial charge in [-0.25, -0.2) is 9.50 Å². The highest BCUT2D eigenvalue weighted by atomic mass is 16.5. The lowest BCUT2D eigenvalue weighted by atomic mass is 9.93. The largest absolute Gasteiger partial charge is 0.493 e. The Morgan fingerprint density at radius 3 is 3.15 bits per heavy atom. The predicted octanol–water partition coefficient (Wildman–Crippen LogP) is 2.39. The number of hydrogen-bond acceptors (Lipinski definition) is 5. The molecule has 0 aliphatic carbocycles. The van der Waals surface area contributed by atoms with E-state index in [4.69, 9.17) is 4.74 Å². The fourth-order valence-electron chi connectivity index (χ4n) is 4.13. The summed E-state index contributed by atoms with van der Waals surface area (Å²) < 4.78 is 7.42. The van der Waals surface area contributed by atoms with E-state index in [1.807, 2.05) is 30.0 Å². The number of nitrogens with zero attached hydrogens (tertiary/aromatic N) is 5. The molecule has 0 saturated carbocycles. The topological polar surface area (TPSA) is 72.6 Å². The molecule has 1 amide bonds. The summed E-state index contributed by atoms with van der Waals surface area (Å²) in [6.45, 7) is 4.12. The zero-order chi connectivity index (χ0) is 18.4. The van der Waals surface area contributed by atoms with Gasteiger partial charge in [0, 0.05) is 36.7 Å². The number of rotatable bonds is 2. The van der Waals surface area contributed by atoms with Gasteiger partial charge in [-0.3, -0.25) is 4.79 Å². The molecule has 0 spiro atoms. The molecule has 1 aromatic carbocycles. The van der Waals surface area contributed by atoms with E-state index < -0.39 is 0 Å². The average Bonchev–Trinajstić information content (AvgIpc) is 3.35. The number of ether oxygens (including phenoxy) is 1. The number of amides is 1. The van der Waals surface area contributed by atoms with Crippen molar-refractivity contribution in [3.63, 3.8) is 0 Å². The quantitative estimate of drug-likeness (QED) is 0.699. The number of fused-ring (bicyclic) bond motifs is 2. The van der Waals surface area contributed by atoms with Gasteiger partial charge in [0.2, 0.25) is 0 Å². The van der Waals surface area contributed by atoms with E-state index in [-0.39, 0.29) is 11.8 Å². The van der Waals surface area contributed by atoms with E-state index in [2.05, 4.69) is 21.1 Å². The van der Waals surface area contributed by atoms with E-state index in [0.717, 1.165) is 42.9 Å². The second-order valence-electron chi connectivity index (χ2n) is 7.31. The third kappa shape index (κ3) is 2.83. The Morgan fingerprint density at radius 1 is 1.30 bits per heavy atom. The molecule has 1 saturated heterocycles. The normalized spacial score (nSPS) is 19.1. The van der Waals surface area contributed by atoms with E-state index >= 15 is 0 Å². The highest BCUT2D eigenvalue weighted by molar-refractivity contribution is 5.95. The molecule has 7 nitrogen and oxygen atoms in total. The number of hydrogen-bond donors (Lipinski definition) is 0. The van der Waals surface area contributed by atoms with Crippen molar-refractivity contribution in [1.29, 1.82) is 0 Å². The molecule has 0 N–H and O–H groups in total. The molecule has 3 aromatic rings. The van der Waals surface area contributed by atoms with Gasteiger partial charge in [0.25, 0.3) is 11.7 Å². The zero-order valence-corrected chi connectivity index (χ0v) is 15.3. The first-order valence-corrected chi connectivity index (χ1v) is 9.41. The van der Waals surface area contributed by atoms with Crippen LogP contribution in [0, 0.1) is 6.92 Å². The number of carbonyl (C=O) groups is 1. The average molecular weight is 363 g/mol. The lowest BCUT2D eigenvalue weighted by molar-refractivity contribution is 0.0705. The summed E-state index contributed by atoms with van der Waals surface area (Å²) in [5.41, 5.74) is 3.88. The van der Waals surface area contributed by atoms with Crippen molar-refractivity contribution >= 4 is 11.7 Å². The first-order chi connectivity index (χ1) is 13.2. The lowest BCUT2D eigenvalue weighted by Crippen LogP contribution is -2.39. The van der Waals surface area contributed by atoms with Gasteiger partial charge in [-0.05, 0) is 43.5 Å².